The van der Waals surface area contributed by atoms with Crippen molar-refractivity contribution in [3.05, 3.63) is 0 Å². The Labute approximate surface area is 345 Å². The molecule has 326 valence electrons. The molecule has 0 rings (SSSR count). The van der Waals surface area contributed by atoms with Crippen molar-refractivity contribution in [1.29, 1.82) is 0 Å². The van der Waals surface area contributed by atoms with E-state index in [0.29, 0.717) is 0 Å². The van der Waals surface area contributed by atoms with E-state index in [0.717, 1.165) is 19.3 Å². The van der Waals surface area contributed by atoms with E-state index in [9.17, 15) is 5.11 Å². The Kier molecular flexibility index (Phi) is 47.3. The van der Waals surface area contributed by atoms with Crippen LogP contribution in [-0.4, -0.2) is 10.7 Å². The standard InChI is InChI=1S/C53H108O/c1-4-7-10-13-16-19-22-25-28-31-34-37-40-43-46-49-52-53(54,50-47-44-41-38-35-32-29-26-23-20-17-14-11-8-5-2)51-48-45-42-39-36-33-30-27-24-21-18-15-12-9-6-3/h54H,4-52H2,1-3H3. The first kappa shape index (κ1) is 54.0. The molecule has 0 amide bonds. The molecule has 0 spiro atoms. The molecule has 0 saturated heterocycles. The normalized spacial score (nSPS) is 12.0. The first-order valence-electron chi connectivity index (χ1n) is 26.4. The molecule has 1 N–H and O–H groups in total. The van der Waals surface area contributed by atoms with Gasteiger partial charge in [0.2, 0.25) is 0 Å². The first-order chi connectivity index (χ1) is 26.7. The predicted octanol–water partition coefficient (Wildman–Crippen LogP) is 19.9. The van der Waals surface area contributed by atoms with Gasteiger partial charge in [-0.1, -0.05) is 316 Å². The van der Waals surface area contributed by atoms with Crippen LogP contribution in [0, 0.1) is 0 Å². The number of aliphatic hydroxyl groups is 1. The quantitative estimate of drug-likeness (QED) is 0.0612. The van der Waals surface area contributed by atoms with Gasteiger partial charge in [0.15, 0.2) is 0 Å². The van der Waals surface area contributed by atoms with Crippen molar-refractivity contribution in [3.8, 4) is 0 Å². The van der Waals surface area contributed by atoms with E-state index in [2.05, 4.69) is 20.8 Å². The van der Waals surface area contributed by atoms with Gasteiger partial charge in [-0.15, -0.1) is 0 Å². The minimum atomic E-state index is -0.386. The Balaban J connectivity index is 4.07. The van der Waals surface area contributed by atoms with Crippen molar-refractivity contribution < 1.29 is 5.11 Å². The van der Waals surface area contributed by atoms with Crippen LogP contribution in [0.5, 0.6) is 0 Å². The van der Waals surface area contributed by atoms with E-state index in [-0.39, 0.29) is 5.60 Å². The van der Waals surface area contributed by atoms with Gasteiger partial charge in [0.1, 0.15) is 0 Å². The first-order valence-corrected chi connectivity index (χ1v) is 26.4. The minimum Gasteiger partial charge on any atom is -0.390 e. The molecule has 0 bridgehead atoms. The summed E-state index contributed by atoms with van der Waals surface area (Å²) in [6.45, 7) is 6.93. The molecule has 1 nitrogen and oxygen atoms in total. The van der Waals surface area contributed by atoms with Crippen LogP contribution in [0.15, 0.2) is 0 Å². The molecule has 0 saturated carbocycles. The molecular weight excluding hydrogens is 653 g/mol. The summed E-state index contributed by atoms with van der Waals surface area (Å²) in [6.07, 6.45) is 68.4. The Morgan fingerprint density at radius 3 is 0.426 bits per heavy atom. The van der Waals surface area contributed by atoms with Crippen molar-refractivity contribution in [1.82, 2.24) is 0 Å². The van der Waals surface area contributed by atoms with Crippen LogP contribution in [-0.2, 0) is 0 Å². The number of hydrogen-bond acceptors (Lipinski definition) is 1. The summed E-state index contributed by atoms with van der Waals surface area (Å²) in [5.41, 5.74) is -0.386. The van der Waals surface area contributed by atoms with Crippen LogP contribution in [0.1, 0.15) is 335 Å². The third kappa shape index (κ3) is 44.7. The summed E-state index contributed by atoms with van der Waals surface area (Å²) in [7, 11) is 0. The molecule has 54 heavy (non-hydrogen) atoms. The van der Waals surface area contributed by atoms with Crippen LogP contribution >= 0.6 is 0 Å². The van der Waals surface area contributed by atoms with Gasteiger partial charge in [0.25, 0.3) is 0 Å². The molecule has 0 aliphatic rings. The van der Waals surface area contributed by atoms with Crippen LogP contribution in [0.25, 0.3) is 0 Å². The van der Waals surface area contributed by atoms with Crippen molar-refractivity contribution in [3.63, 3.8) is 0 Å². The van der Waals surface area contributed by atoms with E-state index in [1.165, 1.54) is 295 Å². The fourth-order valence-electron chi connectivity index (χ4n) is 9.03. The second kappa shape index (κ2) is 47.3. The van der Waals surface area contributed by atoms with Crippen LogP contribution in [0.4, 0.5) is 0 Å². The molecule has 0 aromatic carbocycles. The van der Waals surface area contributed by atoms with E-state index in [4.69, 9.17) is 0 Å². The fourth-order valence-corrected chi connectivity index (χ4v) is 9.03. The van der Waals surface area contributed by atoms with E-state index >= 15 is 0 Å². The zero-order valence-corrected chi connectivity index (χ0v) is 38.6. The summed E-state index contributed by atoms with van der Waals surface area (Å²) in [5.74, 6) is 0. The summed E-state index contributed by atoms with van der Waals surface area (Å²) < 4.78 is 0. The molecule has 0 aliphatic carbocycles. The minimum absolute atomic E-state index is 0.386. The maximum Gasteiger partial charge on any atom is 0.0647 e. The van der Waals surface area contributed by atoms with Crippen LogP contribution < -0.4 is 0 Å². The zero-order chi connectivity index (χ0) is 39.1. The second-order valence-corrected chi connectivity index (χ2v) is 18.7. The Hall–Kier alpha value is -0.0400. The molecule has 0 radical (unpaired) electrons. The van der Waals surface area contributed by atoms with Gasteiger partial charge >= 0.3 is 0 Å². The van der Waals surface area contributed by atoms with E-state index < -0.39 is 0 Å². The highest BCUT2D eigenvalue weighted by Crippen LogP contribution is 2.29. The lowest BCUT2D eigenvalue weighted by Gasteiger charge is -2.29. The van der Waals surface area contributed by atoms with Gasteiger partial charge < -0.3 is 5.11 Å². The van der Waals surface area contributed by atoms with Gasteiger partial charge in [-0.3, -0.25) is 0 Å². The van der Waals surface area contributed by atoms with Gasteiger partial charge in [-0.25, -0.2) is 0 Å². The third-order valence-electron chi connectivity index (χ3n) is 13.0. The van der Waals surface area contributed by atoms with Gasteiger partial charge in [-0.2, -0.15) is 0 Å². The molecular formula is C53H108O. The maximum absolute atomic E-state index is 11.8. The lowest BCUT2D eigenvalue weighted by atomic mass is 9.85. The lowest BCUT2D eigenvalue weighted by Crippen LogP contribution is -2.28. The highest BCUT2D eigenvalue weighted by atomic mass is 16.3. The van der Waals surface area contributed by atoms with E-state index in [1.54, 1.807) is 0 Å². The highest BCUT2D eigenvalue weighted by Gasteiger charge is 2.25. The summed E-state index contributed by atoms with van der Waals surface area (Å²) in [5, 5.41) is 11.8. The Morgan fingerprint density at radius 1 is 0.185 bits per heavy atom. The van der Waals surface area contributed by atoms with Crippen LogP contribution in [0.3, 0.4) is 0 Å². The molecule has 1 heteroatoms. The number of unbranched alkanes of at least 4 members (excludes halogenated alkanes) is 43. The zero-order valence-electron chi connectivity index (χ0n) is 38.6. The SMILES string of the molecule is CCCCCCCCCCCCCCCCCCC(O)(CCCCCCCCCCCCCCCCC)CCCCCCCCCCCCCCCCC. The molecule has 0 heterocycles. The fraction of sp³-hybridized carbons (Fsp3) is 1.00. The average Bonchev–Trinajstić information content (AvgIpc) is 3.17. The third-order valence-corrected chi connectivity index (χ3v) is 13.0. The Bertz CT molecular complexity index is 607. The van der Waals surface area contributed by atoms with Gasteiger partial charge in [0, 0.05) is 0 Å². The smallest absolute Gasteiger partial charge is 0.0647 e. The molecule has 0 atom stereocenters. The predicted molar refractivity (Wildman–Crippen MR) is 248 cm³/mol. The molecule has 0 aliphatic heterocycles. The molecule has 0 aromatic heterocycles. The lowest BCUT2D eigenvalue weighted by molar-refractivity contribution is 0.00704. The number of rotatable bonds is 49. The summed E-state index contributed by atoms with van der Waals surface area (Å²) >= 11 is 0. The van der Waals surface area contributed by atoms with E-state index in [1.807, 2.05) is 0 Å². The maximum atomic E-state index is 11.8. The van der Waals surface area contributed by atoms with Crippen molar-refractivity contribution in [2.24, 2.45) is 0 Å². The average molecular weight is 761 g/mol. The van der Waals surface area contributed by atoms with Crippen molar-refractivity contribution in [2.45, 2.75) is 341 Å². The monoisotopic (exact) mass is 761 g/mol. The summed E-state index contributed by atoms with van der Waals surface area (Å²) in [6, 6.07) is 0. The molecule has 0 fully saturated rings. The molecule has 0 unspecified atom stereocenters. The summed E-state index contributed by atoms with van der Waals surface area (Å²) in [4.78, 5) is 0. The highest BCUT2D eigenvalue weighted by molar-refractivity contribution is 4.79. The van der Waals surface area contributed by atoms with Crippen molar-refractivity contribution in [2.75, 3.05) is 0 Å². The van der Waals surface area contributed by atoms with Crippen LogP contribution in [0.2, 0.25) is 0 Å². The largest absolute Gasteiger partial charge is 0.390 e. The van der Waals surface area contributed by atoms with Gasteiger partial charge in [0.05, 0.1) is 5.60 Å². The Morgan fingerprint density at radius 2 is 0.296 bits per heavy atom. The number of hydrogen-bond donors (Lipinski definition) is 1. The van der Waals surface area contributed by atoms with Gasteiger partial charge in [-0.05, 0) is 19.3 Å². The van der Waals surface area contributed by atoms with Crippen molar-refractivity contribution >= 4 is 0 Å². The molecule has 0 aromatic rings. The topological polar surface area (TPSA) is 20.2 Å². The second-order valence-electron chi connectivity index (χ2n) is 18.7.